The summed E-state index contributed by atoms with van der Waals surface area (Å²) in [6.07, 6.45) is 2.37. The van der Waals surface area contributed by atoms with Crippen molar-refractivity contribution in [3.8, 4) is 22.8 Å². The molecule has 0 aliphatic carbocycles. The van der Waals surface area contributed by atoms with Gasteiger partial charge in [0, 0.05) is 49.0 Å². The van der Waals surface area contributed by atoms with Crippen molar-refractivity contribution < 1.29 is 14.3 Å². The van der Waals surface area contributed by atoms with Crippen LogP contribution in [0.25, 0.3) is 16.2 Å². The molecule has 0 saturated carbocycles. The minimum atomic E-state index is 0.144. The normalized spacial score (nSPS) is 14.0. The number of para-hydroxylation sites is 2. The molecular weight excluding hydrogens is 436 g/mol. The van der Waals surface area contributed by atoms with Crippen molar-refractivity contribution in [1.82, 2.24) is 14.3 Å². The van der Waals surface area contributed by atoms with Gasteiger partial charge in [0.05, 0.1) is 32.0 Å². The van der Waals surface area contributed by atoms with E-state index in [0.29, 0.717) is 19.5 Å². The molecule has 5 rings (SSSR count). The fourth-order valence-electron chi connectivity index (χ4n) is 4.23. The summed E-state index contributed by atoms with van der Waals surface area (Å²) in [4.78, 5) is 22.9. The van der Waals surface area contributed by atoms with Gasteiger partial charge in [-0.3, -0.25) is 9.20 Å². The zero-order valence-electron chi connectivity index (χ0n) is 18.7. The Morgan fingerprint density at radius 2 is 1.85 bits per heavy atom. The van der Waals surface area contributed by atoms with Crippen LogP contribution in [0.15, 0.2) is 60.1 Å². The molecule has 0 atom stereocenters. The van der Waals surface area contributed by atoms with Crippen LogP contribution < -0.4 is 14.4 Å². The first kappa shape index (κ1) is 21.3. The summed E-state index contributed by atoms with van der Waals surface area (Å²) in [5, 5.41) is 2.03. The van der Waals surface area contributed by atoms with Crippen molar-refractivity contribution in [3.63, 3.8) is 0 Å². The molecule has 1 fully saturated rings. The topological polar surface area (TPSA) is 59.3 Å². The van der Waals surface area contributed by atoms with E-state index in [4.69, 9.17) is 14.5 Å². The maximum atomic E-state index is 13.1. The average molecular weight is 463 g/mol. The molecule has 170 valence electrons. The van der Waals surface area contributed by atoms with Gasteiger partial charge in [-0.15, -0.1) is 11.3 Å². The van der Waals surface area contributed by atoms with Crippen molar-refractivity contribution in [3.05, 3.63) is 65.8 Å². The zero-order valence-corrected chi connectivity index (χ0v) is 19.5. The summed E-state index contributed by atoms with van der Waals surface area (Å²) in [5.41, 5.74) is 3.92. The molecule has 8 heteroatoms. The molecule has 0 unspecified atom stereocenters. The second kappa shape index (κ2) is 9.15. The van der Waals surface area contributed by atoms with Gasteiger partial charge in [0.25, 0.3) is 0 Å². The lowest BCUT2D eigenvalue weighted by atomic mass is 10.1. The number of anilines is 1. The first-order valence-electron chi connectivity index (χ1n) is 10.9. The molecule has 33 heavy (non-hydrogen) atoms. The lowest BCUT2D eigenvalue weighted by Crippen LogP contribution is -2.49. The molecule has 1 saturated heterocycles. The maximum Gasteiger partial charge on any atom is 0.228 e. The van der Waals surface area contributed by atoms with Gasteiger partial charge in [-0.05, 0) is 24.3 Å². The number of carbonyl (C=O) groups is 1. The Hall–Kier alpha value is -3.52. The fourth-order valence-corrected chi connectivity index (χ4v) is 5.11. The summed E-state index contributed by atoms with van der Waals surface area (Å²) < 4.78 is 12.9. The number of amides is 1. The molecule has 4 aromatic rings. The van der Waals surface area contributed by atoms with E-state index in [1.54, 1.807) is 25.6 Å². The first-order chi connectivity index (χ1) is 16.2. The summed E-state index contributed by atoms with van der Waals surface area (Å²) in [7, 11) is 3.35. The molecule has 1 amide bonds. The highest BCUT2D eigenvalue weighted by Gasteiger charge is 2.24. The second-order valence-electron chi connectivity index (χ2n) is 7.95. The van der Waals surface area contributed by atoms with Gasteiger partial charge < -0.3 is 19.3 Å². The Kier molecular flexibility index (Phi) is 5.92. The maximum absolute atomic E-state index is 13.1. The number of aromatic nitrogens is 2. The Morgan fingerprint density at radius 3 is 2.64 bits per heavy atom. The van der Waals surface area contributed by atoms with Crippen molar-refractivity contribution >= 4 is 27.9 Å². The van der Waals surface area contributed by atoms with Crippen molar-refractivity contribution in [2.24, 2.45) is 0 Å². The minimum absolute atomic E-state index is 0.144. The standard InChI is InChI=1S/C25H26N4O3S/c1-31-20-7-5-6-18(14-20)21-16-29-19(17-33-25(29)26-21)15-24(30)28-12-10-27(11-13-28)22-8-3-4-9-23(22)32-2/h3-9,14,16-17H,10-13,15H2,1-2H3. The SMILES string of the molecule is COc1cccc(-c2cn3c(CC(=O)N4CCN(c5ccccc5OC)CC4)csc3n2)c1. The highest BCUT2D eigenvalue weighted by Crippen LogP contribution is 2.29. The Balaban J connectivity index is 1.26. The number of piperazine rings is 1. The Bertz CT molecular complexity index is 1270. The first-order valence-corrected chi connectivity index (χ1v) is 11.8. The van der Waals surface area contributed by atoms with Crippen LogP contribution in [0.4, 0.5) is 5.69 Å². The van der Waals surface area contributed by atoms with E-state index in [2.05, 4.69) is 11.0 Å². The summed E-state index contributed by atoms with van der Waals surface area (Å²) in [6.45, 7) is 2.97. The number of methoxy groups -OCH3 is 2. The van der Waals surface area contributed by atoms with E-state index >= 15 is 0 Å². The molecule has 0 spiro atoms. The monoisotopic (exact) mass is 462 g/mol. The van der Waals surface area contributed by atoms with Crippen LogP contribution >= 0.6 is 11.3 Å². The molecular formula is C25H26N4O3S. The number of nitrogens with zero attached hydrogens (tertiary/aromatic N) is 4. The molecule has 0 bridgehead atoms. The predicted molar refractivity (Wildman–Crippen MR) is 131 cm³/mol. The highest BCUT2D eigenvalue weighted by atomic mass is 32.1. The lowest BCUT2D eigenvalue weighted by molar-refractivity contribution is -0.130. The number of ether oxygens (including phenoxy) is 2. The van der Waals surface area contributed by atoms with Crippen LogP contribution in [0, 0.1) is 0 Å². The van der Waals surface area contributed by atoms with Crippen LogP contribution in [0.1, 0.15) is 5.69 Å². The predicted octanol–water partition coefficient (Wildman–Crippen LogP) is 3.97. The van der Waals surface area contributed by atoms with E-state index in [-0.39, 0.29) is 5.91 Å². The largest absolute Gasteiger partial charge is 0.497 e. The van der Waals surface area contributed by atoms with Gasteiger partial charge >= 0.3 is 0 Å². The molecule has 3 heterocycles. The number of hydrogen-bond donors (Lipinski definition) is 0. The number of hydrogen-bond acceptors (Lipinski definition) is 6. The van der Waals surface area contributed by atoms with Crippen LogP contribution in [0.5, 0.6) is 11.5 Å². The number of thiazole rings is 1. The minimum Gasteiger partial charge on any atom is -0.497 e. The van der Waals surface area contributed by atoms with Gasteiger partial charge in [0.1, 0.15) is 11.5 Å². The molecule has 1 aliphatic rings. The van der Waals surface area contributed by atoms with Gasteiger partial charge in [-0.25, -0.2) is 4.98 Å². The average Bonchev–Trinajstić information content (AvgIpc) is 3.46. The third-order valence-electron chi connectivity index (χ3n) is 6.04. The van der Waals surface area contributed by atoms with Gasteiger partial charge in [-0.1, -0.05) is 24.3 Å². The third kappa shape index (κ3) is 4.26. The van der Waals surface area contributed by atoms with Crippen LogP contribution in [0.2, 0.25) is 0 Å². The summed E-state index contributed by atoms with van der Waals surface area (Å²) >= 11 is 1.56. The molecule has 0 N–H and O–H groups in total. The van der Waals surface area contributed by atoms with Crippen LogP contribution in [0.3, 0.4) is 0 Å². The van der Waals surface area contributed by atoms with Crippen LogP contribution in [-0.2, 0) is 11.2 Å². The van der Waals surface area contributed by atoms with Crippen molar-refractivity contribution in [1.29, 1.82) is 0 Å². The van der Waals surface area contributed by atoms with Gasteiger partial charge in [0.2, 0.25) is 5.91 Å². The second-order valence-corrected chi connectivity index (χ2v) is 8.79. The summed E-state index contributed by atoms with van der Waals surface area (Å²) in [6, 6.07) is 15.9. The van der Waals surface area contributed by atoms with Gasteiger partial charge in [0.15, 0.2) is 4.96 Å². The molecule has 2 aromatic carbocycles. The molecule has 0 radical (unpaired) electrons. The fraction of sp³-hybridized carbons (Fsp3) is 0.280. The van der Waals surface area contributed by atoms with E-state index in [1.807, 2.05) is 63.3 Å². The van der Waals surface area contributed by atoms with Crippen LogP contribution in [-0.4, -0.2) is 60.6 Å². The van der Waals surface area contributed by atoms with E-state index in [1.165, 1.54) is 0 Å². The van der Waals surface area contributed by atoms with E-state index in [0.717, 1.165) is 52.2 Å². The van der Waals surface area contributed by atoms with E-state index < -0.39 is 0 Å². The highest BCUT2D eigenvalue weighted by molar-refractivity contribution is 7.15. The molecule has 7 nitrogen and oxygen atoms in total. The van der Waals surface area contributed by atoms with E-state index in [9.17, 15) is 4.79 Å². The van der Waals surface area contributed by atoms with Crippen molar-refractivity contribution in [2.45, 2.75) is 6.42 Å². The molecule has 2 aromatic heterocycles. The lowest BCUT2D eigenvalue weighted by Gasteiger charge is -2.36. The number of rotatable bonds is 6. The Morgan fingerprint density at radius 1 is 1.03 bits per heavy atom. The smallest absolute Gasteiger partial charge is 0.228 e. The number of benzene rings is 2. The third-order valence-corrected chi connectivity index (χ3v) is 6.93. The quantitative estimate of drug-likeness (QED) is 0.434. The zero-order chi connectivity index (χ0) is 22.8. The Labute approximate surface area is 196 Å². The number of fused-ring (bicyclic) bond motifs is 1. The van der Waals surface area contributed by atoms with Crippen molar-refractivity contribution in [2.75, 3.05) is 45.3 Å². The molecule has 1 aliphatic heterocycles. The number of carbonyl (C=O) groups excluding carboxylic acids is 1. The summed E-state index contributed by atoms with van der Waals surface area (Å²) in [5.74, 6) is 1.81. The number of imidazole rings is 1. The van der Waals surface area contributed by atoms with Gasteiger partial charge in [-0.2, -0.15) is 0 Å².